The average Bonchev–Trinajstić information content (AvgIpc) is 2.48. The van der Waals surface area contributed by atoms with Crippen LogP contribution in [0.1, 0.15) is 45.6 Å². The number of hydrogen-bond acceptors (Lipinski definition) is 2. The fourth-order valence-corrected chi connectivity index (χ4v) is 4.34. The van der Waals surface area contributed by atoms with Gasteiger partial charge in [0.05, 0.1) is 0 Å². The molecule has 1 aliphatic heterocycles. The monoisotopic (exact) mass is 296 g/mol. The summed E-state index contributed by atoms with van der Waals surface area (Å²) in [6.45, 7) is 4.19. The molecule has 0 radical (unpaired) electrons. The molecule has 0 unspecified atom stereocenters. The largest absolute Gasteiger partial charge is 0.300 e. The molecule has 2 heteroatoms. The van der Waals surface area contributed by atoms with Crippen LogP contribution in [0.2, 0.25) is 0 Å². The lowest BCUT2D eigenvalue weighted by molar-refractivity contribution is -0.119. The molecule has 0 saturated carbocycles. The predicted molar refractivity (Wildman–Crippen MR) is 89.7 cm³/mol. The lowest BCUT2D eigenvalue weighted by Crippen LogP contribution is -2.15. The third kappa shape index (κ3) is 3.38. The van der Waals surface area contributed by atoms with Crippen molar-refractivity contribution < 1.29 is 4.79 Å². The molecule has 0 bridgehead atoms. The summed E-state index contributed by atoms with van der Waals surface area (Å²) in [5, 5.41) is 0.580. The van der Waals surface area contributed by atoms with Crippen LogP contribution in [-0.4, -0.2) is 5.78 Å². The van der Waals surface area contributed by atoms with Gasteiger partial charge in [-0.1, -0.05) is 59.7 Å². The minimum Gasteiger partial charge on any atom is -0.300 e. The molecule has 1 aliphatic rings. The summed E-state index contributed by atoms with van der Waals surface area (Å²) >= 11 is 1.93. The maximum atomic E-state index is 12.2. The van der Waals surface area contributed by atoms with Gasteiger partial charge >= 0.3 is 0 Å². The number of thioether (sulfide) groups is 1. The molecule has 108 valence electrons. The van der Waals surface area contributed by atoms with Crippen molar-refractivity contribution in [3.05, 3.63) is 70.8 Å². The highest BCUT2D eigenvalue weighted by Gasteiger charge is 2.29. The van der Waals surface area contributed by atoms with Gasteiger partial charge in [0.1, 0.15) is 5.78 Å². The van der Waals surface area contributed by atoms with Gasteiger partial charge in [-0.25, -0.2) is 0 Å². The quantitative estimate of drug-likeness (QED) is 0.759. The highest BCUT2D eigenvalue weighted by atomic mass is 32.2. The summed E-state index contributed by atoms with van der Waals surface area (Å²) in [5.74, 6) is 0.380. The van der Waals surface area contributed by atoms with Crippen LogP contribution < -0.4 is 0 Å². The first kappa shape index (κ1) is 14.4. The summed E-state index contributed by atoms with van der Waals surface area (Å²) in [6.07, 6.45) is 1.33. The lowest BCUT2D eigenvalue weighted by Gasteiger charge is -2.28. The Morgan fingerprint density at radius 2 is 1.14 bits per heavy atom. The second kappa shape index (κ2) is 6.07. The van der Waals surface area contributed by atoms with Crippen molar-refractivity contribution in [1.82, 2.24) is 0 Å². The van der Waals surface area contributed by atoms with E-state index in [4.69, 9.17) is 0 Å². The van der Waals surface area contributed by atoms with E-state index in [-0.39, 0.29) is 10.5 Å². The number of benzene rings is 2. The Balaban J connectivity index is 1.82. The van der Waals surface area contributed by atoms with E-state index in [2.05, 4.69) is 62.4 Å². The van der Waals surface area contributed by atoms with Crippen LogP contribution >= 0.6 is 11.8 Å². The Kier molecular flexibility index (Phi) is 4.16. The first-order valence-electron chi connectivity index (χ1n) is 7.42. The molecule has 3 rings (SSSR count). The van der Waals surface area contributed by atoms with E-state index in [1.54, 1.807) is 0 Å². The van der Waals surface area contributed by atoms with Crippen molar-refractivity contribution in [3.8, 4) is 0 Å². The predicted octanol–water partition coefficient (Wildman–Crippen LogP) is 5.18. The summed E-state index contributed by atoms with van der Waals surface area (Å²) in [4.78, 5) is 12.2. The van der Waals surface area contributed by atoms with Crippen molar-refractivity contribution in [2.24, 2.45) is 0 Å². The van der Waals surface area contributed by atoms with Crippen LogP contribution in [0, 0.1) is 13.8 Å². The zero-order valence-electron chi connectivity index (χ0n) is 12.5. The van der Waals surface area contributed by atoms with E-state index in [1.165, 1.54) is 22.3 Å². The Bertz CT molecular complexity index is 572. The van der Waals surface area contributed by atoms with Crippen LogP contribution in [0.25, 0.3) is 0 Å². The Morgan fingerprint density at radius 3 is 1.52 bits per heavy atom. The van der Waals surface area contributed by atoms with Gasteiger partial charge in [-0.05, 0) is 25.0 Å². The number of carbonyl (C=O) groups is 1. The van der Waals surface area contributed by atoms with Gasteiger partial charge < -0.3 is 0 Å². The number of hydrogen-bond donors (Lipinski definition) is 0. The lowest BCUT2D eigenvalue weighted by atomic mass is 9.99. The molecule has 2 atom stereocenters. The van der Waals surface area contributed by atoms with E-state index in [9.17, 15) is 4.79 Å². The van der Waals surface area contributed by atoms with Gasteiger partial charge in [0.2, 0.25) is 0 Å². The topological polar surface area (TPSA) is 17.1 Å². The first-order chi connectivity index (χ1) is 10.1. The van der Waals surface area contributed by atoms with E-state index < -0.39 is 0 Å². The summed E-state index contributed by atoms with van der Waals surface area (Å²) in [7, 11) is 0. The highest BCUT2D eigenvalue weighted by Crippen LogP contribution is 2.48. The Labute approximate surface area is 130 Å². The average molecular weight is 296 g/mol. The van der Waals surface area contributed by atoms with E-state index in [0.717, 1.165) is 0 Å². The first-order valence-corrected chi connectivity index (χ1v) is 8.36. The Hall–Kier alpha value is -1.54. The van der Waals surface area contributed by atoms with Gasteiger partial charge in [-0.3, -0.25) is 4.79 Å². The zero-order valence-corrected chi connectivity index (χ0v) is 13.3. The molecule has 1 heterocycles. The number of aryl methyl sites for hydroxylation is 2. The van der Waals surface area contributed by atoms with Gasteiger partial charge in [0.15, 0.2) is 0 Å². The molecular formula is C19H20OS. The smallest absolute Gasteiger partial charge is 0.135 e. The van der Waals surface area contributed by atoms with Crippen molar-refractivity contribution in [2.45, 2.75) is 37.2 Å². The maximum Gasteiger partial charge on any atom is 0.135 e. The fourth-order valence-electron chi connectivity index (χ4n) is 2.75. The summed E-state index contributed by atoms with van der Waals surface area (Å²) < 4.78 is 0. The molecule has 0 spiro atoms. The molecule has 0 amide bonds. The van der Waals surface area contributed by atoms with Crippen molar-refractivity contribution >= 4 is 17.5 Å². The second-order valence-corrected chi connectivity index (χ2v) is 7.29. The van der Waals surface area contributed by atoms with Gasteiger partial charge in [-0.15, -0.1) is 11.8 Å². The number of rotatable bonds is 2. The minimum atomic E-state index is 0.290. The number of Topliss-reactive ketones (excluding diaryl/α,β-unsaturated/α-hetero) is 1. The minimum absolute atomic E-state index is 0.290. The van der Waals surface area contributed by atoms with Crippen LogP contribution in [0.4, 0.5) is 0 Å². The van der Waals surface area contributed by atoms with Crippen LogP contribution in [0.15, 0.2) is 48.5 Å². The number of ketones is 1. The van der Waals surface area contributed by atoms with Crippen molar-refractivity contribution in [2.75, 3.05) is 0 Å². The second-order valence-electron chi connectivity index (χ2n) is 5.88. The van der Waals surface area contributed by atoms with Gasteiger partial charge in [0.25, 0.3) is 0 Å². The van der Waals surface area contributed by atoms with E-state index >= 15 is 0 Å². The zero-order chi connectivity index (χ0) is 14.8. The highest BCUT2D eigenvalue weighted by molar-refractivity contribution is 7.99. The normalized spacial score (nSPS) is 22.3. The molecule has 0 aliphatic carbocycles. The SMILES string of the molecule is Cc1ccc([C@H]2CC(=O)C[C@H](c3ccc(C)cc3)S2)cc1. The molecule has 2 aromatic carbocycles. The molecule has 21 heavy (non-hydrogen) atoms. The van der Waals surface area contributed by atoms with E-state index in [0.29, 0.717) is 18.6 Å². The van der Waals surface area contributed by atoms with Crippen LogP contribution in [-0.2, 0) is 4.79 Å². The molecule has 2 aromatic rings. The standard InChI is InChI=1S/C19H20OS/c1-13-3-7-15(8-4-13)18-11-17(20)12-19(21-18)16-9-5-14(2)6-10-16/h3-10,18-19H,11-12H2,1-2H3/t18-,19-/m1/s1. The molecule has 1 saturated heterocycles. The summed E-state index contributed by atoms with van der Waals surface area (Å²) in [5.41, 5.74) is 5.08. The van der Waals surface area contributed by atoms with Gasteiger partial charge in [-0.2, -0.15) is 0 Å². The molecule has 0 aromatic heterocycles. The summed E-state index contributed by atoms with van der Waals surface area (Å²) in [6, 6.07) is 17.2. The third-order valence-corrected chi connectivity index (χ3v) is 5.59. The van der Waals surface area contributed by atoms with Crippen LogP contribution in [0.3, 0.4) is 0 Å². The maximum absolute atomic E-state index is 12.2. The fraction of sp³-hybridized carbons (Fsp3) is 0.316. The van der Waals surface area contributed by atoms with Gasteiger partial charge in [0, 0.05) is 23.3 Å². The molecule has 1 fully saturated rings. The molecular weight excluding hydrogens is 276 g/mol. The third-order valence-electron chi connectivity index (χ3n) is 4.05. The molecule has 0 N–H and O–H groups in total. The Morgan fingerprint density at radius 1 is 0.762 bits per heavy atom. The number of carbonyl (C=O) groups excluding carboxylic acids is 1. The molecule has 1 nitrogen and oxygen atoms in total. The van der Waals surface area contributed by atoms with Crippen molar-refractivity contribution in [3.63, 3.8) is 0 Å². The van der Waals surface area contributed by atoms with Crippen LogP contribution in [0.5, 0.6) is 0 Å². The van der Waals surface area contributed by atoms with E-state index in [1.807, 2.05) is 11.8 Å². The van der Waals surface area contributed by atoms with Crippen molar-refractivity contribution in [1.29, 1.82) is 0 Å².